The van der Waals surface area contributed by atoms with E-state index in [1.165, 1.54) is 58.0 Å². The Labute approximate surface area is 132 Å². The summed E-state index contributed by atoms with van der Waals surface area (Å²) >= 11 is -2.02. The molecule has 0 spiro atoms. The first kappa shape index (κ1) is 18.5. The molecule has 0 bridgehead atoms. The SMILES string of the molecule is CCC[CH2][Sn]([CH2]CCC)([CH2]CCC)[C]1=CCN(C)CC1. The quantitative estimate of drug-likeness (QED) is 0.440. The van der Waals surface area contributed by atoms with Gasteiger partial charge in [-0.1, -0.05) is 0 Å². The molecule has 0 radical (unpaired) electrons. The third kappa shape index (κ3) is 5.71. The Morgan fingerprint density at radius 1 is 0.950 bits per heavy atom. The van der Waals surface area contributed by atoms with Crippen LogP contribution in [0.15, 0.2) is 9.67 Å². The topological polar surface area (TPSA) is 3.24 Å². The molecule has 1 aliphatic heterocycles. The van der Waals surface area contributed by atoms with E-state index in [2.05, 4.69) is 38.8 Å². The third-order valence-corrected chi connectivity index (χ3v) is 21.5. The van der Waals surface area contributed by atoms with E-state index in [1.807, 2.05) is 3.59 Å². The number of hydrogen-bond acceptors (Lipinski definition) is 1. The molecule has 1 heterocycles. The van der Waals surface area contributed by atoms with Gasteiger partial charge in [0, 0.05) is 0 Å². The van der Waals surface area contributed by atoms with E-state index in [9.17, 15) is 0 Å². The molecular weight excluding hydrogens is 349 g/mol. The van der Waals surface area contributed by atoms with E-state index in [1.54, 1.807) is 13.3 Å². The molecule has 1 nitrogen and oxygen atoms in total. The van der Waals surface area contributed by atoms with Gasteiger partial charge in [0.2, 0.25) is 0 Å². The van der Waals surface area contributed by atoms with Crippen molar-refractivity contribution < 1.29 is 0 Å². The Balaban J connectivity index is 2.86. The van der Waals surface area contributed by atoms with Crippen LogP contribution in [0.4, 0.5) is 0 Å². The van der Waals surface area contributed by atoms with Crippen molar-refractivity contribution in [1.29, 1.82) is 0 Å². The molecule has 1 rings (SSSR count). The number of hydrogen-bond donors (Lipinski definition) is 0. The van der Waals surface area contributed by atoms with Crippen LogP contribution in [0.2, 0.25) is 13.3 Å². The van der Waals surface area contributed by atoms with Crippen molar-refractivity contribution in [2.45, 2.75) is 79.0 Å². The van der Waals surface area contributed by atoms with Crippen LogP contribution in [0.5, 0.6) is 0 Å². The molecule has 0 saturated carbocycles. The average molecular weight is 386 g/mol. The van der Waals surface area contributed by atoms with Crippen LogP contribution < -0.4 is 0 Å². The summed E-state index contributed by atoms with van der Waals surface area (Å²) in [4.78, 5) is 2.49. The molecule has 0 aliphatic carbocycles. The van der Waals surface area contributed by atoms with Gasteiger partial charge in [-0.15, -0.1) is 0 Å². The summed E-state index contributed by atoms with van der Waals surface area (Å²) in [5.74, 6) is 0. The molecule has 0 aromatic heterocycles. The zero-order valence-electron chi connectivity index (χ0n) is 14.5. The van der Waals surface area contributed by atoms with Crippen LogP contribution in [0.3, 0.4) is 0 Å². The first-order chi connectivity index (χ1) is 9.68. The van der Waals surface area contributed by atoms with Crippen LogP contribution >= 0.6 is 0 Å². The zero-order valence-corrected chi connectivity index (χ0v) is 17.4. The number of likely N-dealkylation sites (N-methyl/N-ethyl adjacent to an activating group) is 1. The summed E-state index contributed by atoms with van der Waals surface area (Å²) in [7, 11) is 2.27. The maximum atomic E-state index is 2.67. The third-order valence-electron chi connectivity index (χ3n) is 5.12. The average Bonchev–Trinajstić information content (AvgIpc) is 2.48. The van der Waals surface area contributed by atoms with E-state index in [0.717, 1.165) is 0 Å². The number of nitrogens with zero attached hydrogens (tertiary/aromatic N) is 1. The first-order valence-electron chi connectivity index (χ1n) is 9.06. The normalized spacial score (nSPS) is 17.3. The molecule has 1 aliphatic rings. The van der Waals surface area contributed by atoms with Crippen molar-refractivity contribution in [1.82, 2.24) is 4.90 Å². The van der Waals surface area contributed by atoms with Crippen molar-refractivity contribution in [2.24, 2.45) is 0 Å². The number of unbranched alkanes of at least 4 members (excludes halogenated alkanes) is 3. The van der Waals surface area contributed by atoms with Gasteiger partial charge in [-0.3, -0.25) is 0 Å². The second-order valence-corrected chi connectivity index (χ2v) is 20.3. The van der Waals surface area contributed by atoms with Gasteiger partial charge in [0.05, 0.1) is 0 Å². The monoisotopic (exact) mass is 387 g/mol. The predicted molar refractivity (Wildman–Crippen MR) is 95.1 cm³/mol. The van der Waals surface area contributed by atoms with Gasteiger partial charge in [-0.25, -0.2) is 0 Å². The minimum absolute atomic E-state index is 1.22. The molecule has 0 atom stereocenters. The zero-order chi connectivity index (χ0) is 14.8. The van der Waals surface area contributed by atoms with Crippen molar-refractivity contribution in [2.75, 3.05) is 20.1 Å². The summed E-state index contributed by atoms with van der Waals surface area (Å²) in [6, 6.07) is 0. The molecule has 0 amide bonds. The molecule has 0 aromatic rings. The molecule has 0 saturated heterocycles. The van der Waals surface area contributed by atoms with Gasteiger partial charge < -0.3 is 0 Å². The predicted octanol–water partition coefficient (Wildman–Crippen LogP) is 5.64. The fraction of sp³-hybridized carbons (Fsp3) is 0.889. The second kappa shape index (κ2) is 10.3. The molecule has 0 aromatic carbocycles. The fourth-order valence-electron chi connectivity index (χ4n) is 3.65. The molecular formula is C18H37NSn. The standard InChI is InChI=1S/C6H10N.3C4H9.Sn/c1-7-5-3-2-4-6-7;3*1-3-4-2;/h3H,4-6H2,1H3;3*1,3-4H2,2H3;. The molecule has 20 heavy (non-hydrogen) atoms. The van der Waals surface area contributed by atoms with Gasteiger partial charge in [0.15, 0.2) is 0 Å². The Morgan fingerprint density at radius 2 is 1.45 bits per heavy atom. The molecule has 2 heteroatoms. The van der Waals surface area contributed by atoms with Crippen LogP contribution in [0.1, 0.15) is 65.7 Å². The van der Waals surface area contributed by atoms with E-state index in [0.29, 0.717) is 0 Å². The van der Waals surface area contributed by atoms with Gasteiger partial charge >= 0.3 is 132 Å². The Hall–Kier alpha value is 0.499. The van der Waals surface area contributed by atoms with Crippen LogP contribution in [0, 0.1) is 0 Å². The first-order valence-corrected chi connectivity index (χ1v) is 16.5. The van der Waals surface area contributed by atoms with E-state index >= 15 is 0 Å². The maximum absolute atomic E-state index is 2.67. The van der Waals surface area contributed by atoms with Crippen LogP contribution in [0.25, 0.3) is 0 Å². The summed E-state index contributed by atoms with van der Waals surface area (Å²) < 4.78 is 6.94. The molecule has 0 N–H and O–H groups in total. The van der Waals surface area contributed by atoms with Gasteiger partial charge in [-0.2, -0.15) is 0 Å². The van der Waals surface area contributed by atoms with E-state index in [4.69, 9.17) is 0 Å². The summed E-state index contributed by atoms with van der Waals surface area (Å²) in [6.07, 6.45) is 12.7. The van der Waals surface area contributed by atoms with Gasteiger partial charge in [0.25, 0.3) is 0 Å². The molecule has 0 fully saturated rings. The van der Waals surface area contributed by atoms with Crippen LogP contribution in [-0.4, -0.2) is 43.4 Å². The summed E-state index contributed by atoms with van der Waals surface area (Å²) in [5, 5.41) is 0. The van der Waals surface area contributed by atoms with Crippen LogP contribution in [-0.2, 0) is 0 Å². The minimum atomic E-state index is -2.02. The van der Waals surface area contributed by atoms with Crippen molar-refractivity contribution in [3.63, 3.8) is 0 Å². The Bertz CT molecular complexity index is 263. The van der Waals surface area contributed by atoms with E-state index < -0.39 is 18.4 Å². The Morgan fingerprint density at radius 3 is 1.80 bits per heavy atom. The van der Waals surface area contributed by atoms with Crippen molar-refractivity contribution in [3.05, 3.63) is 9.67 Å². The second-order valence-electron chi connectivity index (χ2n) is 6.83. The van der Waals surface area contributed by atoms with E-state index in [-0.39, 0.29) is 0 Å². The number of rotatable bonds is 10. The van der Waals surface area contributed by atoms with Gasteiger partial charge in [0.1, 0.15) is 0 Å². The molecule has 0 unspecified atom stereocenters. The van der Waals surface area contributed by atoms with Crippen molar-refractivity contribution in [3.8, 4) is 0 Å². The summed E-state index contributed by atoms with van der Waals surface area (Å²) in [6.45, 7) is 9.66. The van der Waals surface area contributed by atoms with Gasteiger partial charge in [-0.05, 0) is 0 Å². The van der Waals surface area contributed by atoms with Crippen molar-refractivity contribution >= 4 is 18.4 Å². The summed E-state index contributed by atoms with van der Waals surface area (Å²) in [5.41, 5.74) is 0. The molecule has 118 valence electrons. The Kier molecular flexibility index (Phi) is 9.52. The fourth-order valence-corrected chi connectivity index (χ4v) is 20.7.